The molecule has 0 atom stereocenters. The molecule has 1 aliphatic rings. The largest absolute Gasteiger partial charge is 0.465 e. The van der Waals surface area contributed by atoms with Gasteiger partial charge in [-0.2, -0.15) is 0 Å². The number of hydrogen-bond acceptors (Lipinski definition) is 4. The summed E-state index contributed by atoms with van der Waals surface area (Å²) in [5.74, 6) is -0.362. The van der Waals surface area contributed by atoms with Crippen molar-refractivity contribution in [3.05, 3.63) is 29.3 Å². The molecular formula is C14H18N2O4. The molecule has 1 aromatic carbocycles. The van der Waals surface area contributed by atoms with Crippen molar-refractivity contribution in [2.45, 2.75) is 6.92 Å². The molecule has 1 aliphatic heterocycles. The van der Waals surface area contributed by atoms with Gasteiger partial charge >= 0.3 is 12.1 Å². The van der Waals surface area contributed by atoms with Gasteiger partial charge in [-0.05, 0) is 30.7 Å². The van der Waals surface area contributed by atoms with Crippen LogP contribution in [0.15, 0.2) is 18.2 Å². The van der Waals surface area contributed by atoms with Crippen molar-refractivity contribution >= 4 is 17.7 Å². The summed E-state index contributed by atoms with van der Waals surface area (Å²) in [7, 11) is 1.36. The first-order chi connectivity index (χ1) is 9.51. The number of carboxylic acid groups (broad SMARTS) is 1. The number of anilines is 1. The Bertz CT molecular complexity index is 522. The van der Waals surface area contributed by atoms with Crippen molar-refractivity contribution < 1.29 is 19.4 Å². The number of ether oxygens (including phenoxy) is 1. The van der Waals surface area contributed by atoms with Gasteiger partial charge in [0.25, 0.3) is 0 Å². The van der Waals surface area contributed by atoms with Crippen LogP contribution in [0, 0.1) is 6.92 Å². The summed E-state index contributed by atoms with van der Waals surface area (Å²) in [6.45, 7) is 4.10. The van der Waals surface area contributed by atoms with E-state index in [1.165, 1.54) is 12.0 Å². The zero-order valence-corrected chi connectivity index (χ0v) is 11.6. The Kier molecular flexibility index (Phi) is 4.12. The fourth-order valence-electron chi connectivity index (χ4n) is 2.34. The van der Waals surface area contributed by atoms with E-state index in [-0.39, 0.29) is 5.97 Å². The van der Waals surface area contributed by atoms with E-state index in [4.69, 9.17) is 9.84 Å². The number of carbonyl (C=O) groups is 2. The fraction of sp³-hybridized carbons (Fsp3) is 0.429. The maximum atomic E-state index is 11.6. The van der Waals surface area contributed by atoms with Gasteiger partial charge in [-0.1, -0.05) is 0 Å². The molecule has 1 fully saturated rings. The lowest BCUT2D eigenvalue weighted by Crippen LogP contribution is -2.48. The highest BCUT2D eigenvalue weighted by molar-refractivity contribution is 5.90. The smallest absolute Gasteiger partial charge is 0.407 e. The Balaban J connectivity index is 2.15. The van der Waals surface area contributed by atoms with E-state index in [9.17, 15) is 9.59 Å². The average Bonchev–Trinajstić information content (AvgIpc) is 2.45. The van der Waals surface area contributed by atoms with Crippen molar-refractivity contribution in [1.29, 1.82) is 0 Å². The molecule has 6 heteroatoms. The number of piperazine rings is 1. The monoisotopic (exact) mass is 278 g/mol. The van der Waals surface area contributed by atoms with Crippen LogP contribution < -0.4 is 4.90 Å². The Morgan fingerprint density at radius 2 is 1.80 bits per heavy atom. The molecule has 0 radical (unpaired) electrons. The predicted octanol–water partition coefficient (Wildman–Crippen LogP) is 1.58. The molecule has 0 unspecified atom stereocenters. The molecular weight excluding hydrogens is 260 g/mol. The van der Waals surface area contributed by atoms with Gasteiger partial charge in [-0.3, -0.25) is 0 Å². The number of benzene rings is 1. The van der Waals surface area contributed by atoms with E-state index in [0.29, 0.717) is 31.7 Å². The van der Waals surface area contributed by atoms with Crippen molar-refractivity contribution in [2.24, 2.45) is 0 Å². The number of methoxy groups -OCH3 is 1. The molecule has 0 saturated carbocycles. The van der Waals surface area contributed by atoms with E-state index < -0.39 is 6.09 Å². The second-order valence-electron chi connectivity index (χ2n) is 4.81. The van der Waals surface area contributed by atoms with Crippen LogP contribution >= 0.6 is 0 Å². The van der Waals surface area contributed by atoms with Crippen LogP contribution in [0.3, 0.4) is 0 Å². The molecule has 1 aromatic rings. The van der Waals surface area contributed by atoms with Gasteiger partial charge in [0.1, 0.15) is 0 Å². The van der Waals surface area contributed by atoms with Gasteiger partial charge in [0.2, 0.25) is 0 Å². The molecule has 20 heavy (non-hydrogen) atoms. The molecule has 1 amide bonds. The van der Waals surface area contributed by atoms with Crippen LogP contribution in [0.4, 0.5) is 10.5 Å². The van der Waals surface area contributed by atoms with Gasteiger partial charge in [0.05, 0.1) is 12.7 Å². The van der Waals surface area contributed by atoms with Gasteiger partial charge in [0.15, 0.2) is 0 Å². The number of rotatable bonds is 2. The molecule has 1 heterocycles. The summed E-state index contributed by atoms with van der Waals surface area (Å²) in [6, 6.07) is 5.56. The maximum absolute atomic E-state index is 11.6. The van der Waals surface area contributed by atoms with Crippen LogP contribution in [0.25, 0.3) is 0 Å². The standard InChI is InChI=1S/C14H18N2O4/c1-10-7-11(13(17)20-2)9-12(8-10)15-3-5-16(6-4-15)14(18)19/h7-9H,3-6H2,1-2H3,(H,18,19). The molecule has 1 saturated heterocycles. The minimum Gasteiger partial charge on any atom is -0.465 e. The summed E-state index contributed by atoms with van der Waals surface area (Å²) in [5.41, 5.74) is 2.42. The molecule has 2 rings (SSSR count). The number of hydrogen-bond donors (Lipinski definition) is 1. The van der Waals surface area contributed by atoms with Crippen molar-refractivity contribution in [3.8, 4) is 0 Å². The van der Waals surface area contributed by atoms with Gasteiger partial charge in [-0.25, -0.2) is 9.59 Å². The van der Waals surface area contributed by atoms with Crippen molar-refractivity contribution in [2.75, 3.05) is 38.2 Å². The van der Waals surface area contributed by atoms with E-state index in [1.54, 1.807) is 12.1 Å². The third-order valence-electron chi connectivity index (χ3n) is 3.40. The predicted molar refractivity (Wildman–Crippen MR) is 74.3 cm³/mol. The number of carbonyl (C=O) groups excluding carboxylic acids is 1. The topological polar surface area (TPSA) is 70.1 Å². The van der Waals surface area contributed by atoms with Gasteiger partial charge in [-0.15, -0.1) is 0 Å². The molecule has 0 aromatic heterocycles. The second-order valence-corrected chi connectivity index (χ2v) is 4.81. The quantitative estimate of drug-likeness (QED) is 0.832. The first kappa shape index (κ1) is 14.2. The molecule has 0 aliphatic carbocycles. The lowest BCUT2D eigenvalue weighted by Gasteiger charge is -2.34. The highest BCUT2D eigenvalue weighted by Crippen LogP contribution is 2.21. The maximum Gasteiger partial charge on any atom is 0.407 e. The summed E-state index contributed by atoms with van der Waals surface area (Å²) in [6.07, 6.45) is -0.885. The second kappa shape index (κ2) is 5.81. The van der Waals surface area contributed by atoms with Crippen LogP contribution in [0.5, 0.6) is 0 Å². The average molecular weight is 278 g/mol. The molecule has 0 spiro atoms. The molecule has 108 valence electrons. The summed E-state index contributed by atoms with van der Waals surface area (Å²) < 4.78 is 4.74. The fourth-order valence-corrected chi connectivity index (χ4v) is 2.34. The minimum absolute atomic E-state index is 0.362. The van der Waals surface area contributed by atoms with Crippen LogP contribution in [-0.2, 0) is 4.74 Å². The van der Waals surface area contributed by atoms with Crippen LogP contribution in [0.2, 0.25) is 0 Å². The van der Waals surface area contributed by atoms with Gasteiger partial charge < -0.3 is 19.6 Å². The number of esters is 1. The highest BCUT2D eigenvalue weighted by atomic mass is 16.5. The minimum atomic E-state index is -0.885. The Morgan fingerprint density at radius 3 is 2.35 bits per heavy atom. The van der Waals surface area contributed by atoms with Gasteiger partial charge in [0, 0.05) is 31.9 Å². The van der Waals surface area contributed by atoms with Crippen molar-refractivity contribution in [3.63, 3.8) is 0 Å². The normalized spacial score (nSPS) is 15.1. The lowest BCUT2D eigenvalue weighted by molar-refractivity contribution is 0.0600. The molecule has 6 nitrogen and oxygen atoms in total. The number of nitrogens with zero attached hydrogens (tertiary/aromatic N) is 2. The highest BCUT2D eigenvalue weighted by Gasteiger charge is 2.21. The lowest BCUT2D eigenvalue weighted by atomic mass is 10.1. The Morgan fingerprint density at radius 1 is 1.15 bits per heavy atom. The third kappa shape index (κ3) is 3.01. The molecule has 0 bridgehead atoms. The Labute approximate surface area is 117 Å². The molecule has 1 N–H and O–H groups in total. The van der Waals surface area contributed by atoms with E-state index in [0.717, 1.165) is 11.3 Å². The third-order valence-corrected chi connectivity index (χ3v) is 3.40. The summed E-state index contributed by atoms with van der Waals surface area (Å²) >= 11 is 0. The summed E-state index contributed by atoms with van der Waals surface area (Å²) in [4.78, 5) is 26.0. The van der Waals surface area contributed by atoms with E-state index >= 15 is 0 Å². The van der Waals surface area contributed by atoms with Crippen molar-refractivity contribution in [1.82, 2.24) is 4.90 Å². The zero-order valence-electron chi connectivity index (χ0n) is 11.6. The van der Waals surface area contributed by atoms with Crippen LogP contribution in [-0.4, -0.2) is 55.4 Å². The first-order valence-electron chi connectivity index (χ1n) is 6.44. The zero-order chi connectivity index (χ0) is 14.7. The van der Waals surface area contributed by atoms with Crippen LogP contribution in [0.1, 0.15) is 15.9 Å². The van der Waals surface area contributed by atoms with E-state index in [1.807, 2.05) is 13.0 Å². The first-order valence-corrected chi connectivity index (χ1v) is 6.44. The number of amides is 1. The number of aryl methyl sites for hydroxylation is 1. The summed E-state index contributed by atoms with van der Waals surface area (Å²) in [5, 5.41) is 8.93. The Hall–Kier alpha value is -2.24. The van der Waals surface area contributed by atoms with E-state index in [2.05, 4.69) is 4.90 Å². The SMILES string of the molecule is COC(=O)c1cc(C)cc(N2CCN(C(=O)O)CC2)c1.